The number of rotatable bonds is 9. The molecule has 162 valence electrons. The number of alkyl halides is 2. The van der Waals surface area contributed by atoms with Gasteiger partial charge in [0, 0.05) is 6.42 Å². The quantitative estimate of drug-likeness (QED) is 0.357. The summed E-state index contributed by atoms with van der Waals surface area (Å²) in [6.07, 6.45) is 1.62. The van der Waals surface area contributed by atoms with E-state index in [0.29, 0.717) is 48.7 Å². The Labute approximate surface area is 180 Å². The van der Waals surface area contributed by atoms with E-state index in [9.17, 15) is 13.2 Å². The Bertz CT molecular complexity index is 1020. The lowest BCUT2D eigenvalue weighted by Gasteiger charge is -2.18. The van der Waals surface area contributed by atoms with Crippen molar-refractivity contribution in [2.45, 2.75) is 43.9 Å². The van der Waals surface area contributed by atoms with Crippen molar-refractivity contribution in [3.8, 4) is 17.2 Å². The van der Waals surface area contributed by atoms with Crippen molar-refractivity contribution in [1.29, 1.82) is 0 Å². The van der Waals surface area contributed by atoms with Crippen LogP contribution in [0.3, 0.4) is 0 Å². The van der Waals surface area contributed by atoms with Gasteiger partial charge in [-0.25, -0.2) is 13.2 Å². The third-order valence-corrected chi connectivity index (χ3v) is 5.83. The standard InChI is InChI=1S/C26H25F3O2/c1-2-30-22-12-8-20(9-13-22)25(18-26(25,28)29)16-4-6-19-5-3-7-24(17-19)31-23-14-10-21(27)11-15-23/h3,5,7-15,17H,2,4,6,16,18H2,1H3. The van der Waals surface area contributed by atoms with Crippen molar-refractivity contribution in [3.05, 3.63) is 89.7 Å². The molecule has 1 unspecified atom stereocenters. The van der Waals surface area contributed by atoms with Gasteiger partial charge in [0.15, 0.2) is 0 Å². The van der Waals surface area contributed by atoms with Crippen molar-refractivity contribution in [2.75, 3.05) is 6.61 Å². The number of benzene rings is 3. The van der Waals surface area contributed by atoms with Gasteiger partial charge in [-0.15, -0.1) is 0 Å². The zero-order valence-electron chi connectivity index (χ0n) is 17.4. The molecule has 0 heterocycles. The van der Waals surface area contributed by atoms with E-state index in [1.165, 1.54) is 12.1 Å². The molecule has 1 aliphatic rings. The van der Waals surface area contributed by atoms with Gasteiger partial charge in [-0.1, -0.05) is 24.3 Å². The van der Waals surface area contributed by atoms with Crippen molar-refractivity contribution in [2.24, 2.45) is 0 Å². The maximum absolute atomic E-state index is 14.4. The lowest BCUT2D eigenvalue weighted by Crippen LogP contribution is -2.17. The molecule has 5 heteroatoms. The number of hydrogen-bond donors (Lipinski definition) is 0. The second kappa shape index (κ2) is 8.66. The van der Waals surface area contributed by atoms with Crippen molar-refractivity contribution in [1.82, 2.24) is 0 Å². The molecule has 3 aromatic carbocycles. The van der Waals surface area contributed by atoms with Crippen LogP contribution in [0, 0.1) is 5.82 Å². The van der Waals surface area contributed by atoms with E-state index in [1.807, 2.05) is 31.2 Å². The average Bonchev–Trinajstić information content (AvgIpc) is 3.32. The Morgan fingerprint density at radius 1 is 0.871 bits per heavy atom. The summed E-state index contributed by atoms with van der Waals surface area (Å²) in [5.41, 5.74) is 0.611. The first kappa shape index (κ1) is 21.3. The van der Waals surface area contributed by atoms with Crippen LogP contribution in [0.15, 0.2) is 72.8 Å². The van der Waals surface area contributed by atoms with E-state index in [2.05, 4.69) is 0 Å². The van der Waals surface area contributed by atoms with Crippen LogP contribution in [-0.4, -0.2) is 12.5 Å². The Kier molecular flexibility index (Phi) is 5.94. The Morgan fingerprint density at radius 3 is 2.19 bits per heavy atom. The van der Waals surface area contributed by atoms with Gasteiger partial charge in [0.2, 0.25) is 0 Å². The molecule has 0 N–H and O–H groups in total. The van der Waals surface area contributed by atoms with Gasteiger partial charge in [0.25, 0.3) is 5.92 Å². The molecule has 0 aromatic heterocycles. The minimum Gasteiger partial charge on any atom is -0.494 e. The number of aryl methyl sites for hydroxylation is 1. The first-order valence-corrected chi connectivity index (χ1v) is 10.6. The highest BCUT2D eigenvalue weighted by atomic mass is 19.3. The Hall–Kier alpha value is -2.95. The van der Waals surface area contributed by atoms with Crippen molar-refractivity contribution >= 4 is 0 Å². The summed E-state index contributed by atoms with van der Waals surface area (Å²) >= 11 is 0. The molecular weight excluding hydrogens is 401 g/mol. The van der Waals surface area contributed by atoms with E-state index in [1.54, 1.807) is 36.4 Å². The fourth-order valence-corrected chi connectivity index (χ4v) is 4.10. The fourth-order valence-electron chi connectivity index (χ4n) is 4.10. The lowest BCUT2D eigenvalue weighted by molar-refractivity contribution is 0.0846. The van der Waals surface area contributed by atoms with E-state index < -0.39 is 11.3 Å². The normalized spacial score (nSPS) is 19.1. The number of ether oxygens (including phenoxy) is 2. The van der Waals surface area contributed by atoms with Crippen LogP contribution in [0.4, 0.5) is 13.2 Å². The molecule has 1 atom stereocenters. The van der Waals surface area contributed by atoms with Gasteiger partial charge >= 0.3 is 0 Å². The molecule has 0 aliphatic heterocycles. The van der Waals surface area contributed by atoms with Crippen LogP contribution < -0.4 is 9.47 Å². The molecule has 0 spiro atoms. The topological polar surface area (TPSA) is 18.5 Å². The summed E-state index contributed by atoms with van der Waals surface area (Å²) in [5, 5.41) is 0. The zero-order valence-corrected chi connectivity index (χ0v) is 17.4. The molecule has 0 bridgehead atoms. The Balaban J connectivity index is 1.39. The van der Waals surface area contributed by atoms with Gasteiger partial charge < -0.3 is 9.47 Å². The maximum Gasteiger partial charge on any atom is 0.258 e. The Morgan fingerprint density at radius 2 is 1.55 bits per heavy atom. The predicted octanol–water partition coefficient (Wildman–Crippen LogP) is 7.32. The summed E-state index contributed by atoms with van der Waals surface area (Å²) < 4.78 is 53.0. The molecule has 4 rings (SSSR count). The molecule has 0 amide bonds. The van der Waals surface area contributed by atoms with Gasteiger partial charge in [-0.2, -0.15) is 0 Å². The van der Waals surface area contributed by atoms with Crippen molar-refractivity contribution < 1.29 is 22.6 Å². The maximum atomic E-state index is 14.4. The summed E-state index contributed by atoms with van der Waals surface area (Å²) in [7, 11) is 0. The third kappa shape index (κ3) is 4.71. The summed E-state index contributed by atoms with van der Waals surface area (Å²) in [6.45, 7) is 2.44. The van der Waals surface area contributed by atoms with E-state index in [0.717, 1.165) is 5.56 Å². The molecule has 1 saturated carbocycles. The minimum atomic E-state index is -2.67. The van der Waals surface area contributed by atoms with Crippen LogP contribution in [0.1, 0.15) is 37.3 Å². The van der Waals surface area contributed by atoms with Gasteiger partial charge in [0.1, 0.15) is 23.1 Å². The van der Waals surface area contributed by atoms with Crippen LogP contribution in [0.25, 0.3) is 0 Å². The highest BCUT2D eigenvalue weighted by Crippen LogP contribution is 2.64. The van der Waals surface area contributed by atoms with Crippen LogP contribution in [0.2, 0.25) is 0 Å². The second-order valence-corrected chi connectivity index (χ2v) is 7.98. The first-order valence-electron chi connectivity index (χ1n) is 10.6. The SMILES string of the molecule is CCOc1ccc(C2(CCCc3cccc(Oc4ccc(F)cc4)c3)CC2(F)F)cc1. The largest absolute Gasteiger partial charge is 0.494 e. The van der Waals surface area contributed by atoms with Gasteiger partial charge in [-0.3, -0.25) is 0 Å². The summed E-state index contributed by atoms with van der Waals surface area (Å²) in [5.74, 6) is -1.11. The molecule has 0 radical (unpaired) electrons. The molecule has 0 saturated heterocycles. The zero-order chi connectivity index (χ0) is 21.9. The molecule has 1 aliphatic carbocycles. The molecule has 31 heavy (non-hydrogen) atoms. The minimum absolute atomic E-state index is 0.109. The highest BCUT2D eigenvalue weighted by Gasteiger charge is 2.70. The predicted molar refractivity (Wildman–Crippen MR) is 115 cm³/mol. The monoisotopic (exact) mass is 426 g/mol. The van der Waals surface area contributed by atoms with Crippen molar-refractivity contribution in [3.63, 3.8) is 0 Å². The van der Waals surface area contributed by atoms with Crippen LogP contribution in [-0.2, 0) is 11.8 Å². The van der Waals surface area contributed by atoms with E-state index in [-0.39, 0.29) is 12.2 Å². The molecular formula is C26H25F3O2. The van der Waals surface area contributed by atoms with E-state index in [4.69, 9.17) is 9.47 Å². The molecule has 1 fully saturated rings. The molecule has 2 nitrogen and oxygen atoms in total. The fraction of sp³-hybridized carbons (Fsp3) is 0.308. The lowest BCUT2D eigenvalue weighted by atomic mass is 9.88. The van der Waals surface area contributed by atoms with Crippen LogP contribution >= 0.6 is 0 Å². The summed E-state index contributed by atoms with van der Waals surface area (Å²) in [4.78, 5) is 0. The average molecular weight is 426 g/mol. The first-order chi connectivity index (χ1) is 14.9. The number of hydrogen-bond acceptors (Lipinski definition) is 2. The van der Waals surface area contributed by atoms with Crippen LogP contribution in [0.5, 0.6) is 17.2 Å². The smallest absolute Gasteiger partial charge is 0.258 e. The van der Waals surface area contributed by atoms with Gasteiger partial charge in [-0.05, 0) is 85.8 Å². The van der Waals surface area contributed by atoms with E-state index >= 15 is 0 Å². The number of halogens is 3. The second-order valence-electron chi connectivity index (χ2n) is 7.98. The summed E-state index contributed by atoms with van der Waals surface area (Å²) in [6, 6.07) is 20.5. The molecule has 3 aromatic rings. The highest BCUT2D eigenvalue weighted by molar-refractivity contribution is 5.41. The van der Waals surface area contributed by atoms with Gasteiger partial charge in [0.05, 0.1) is 12.0 Å². The third-order valence-electron chi connectivity index (χ3n) is 5.83.